The minimum absolute atomic E-state index is 0.130. The highest BCUT2D eigenvalue weighted by Crippen LogP contribution is 2.06. The first-order valence-electron chi connectivity index (χ1n) is 3.11. The molecule has 0 spiro atoms. The van der Waals surface area contributed by atoms with Gasteiger partial charge in [0.1, 0.15) is 0 Å². The van der Waals surface area contributed by atoms with Crippen molar-refractivity contribution in [2.24, 2.45) is 0 Å². The first kappa shape index (κ1) is 8.25. The second-order valence-electron chi connectivity index (χ2n) is 1.94. The summed E-state index contributed by atoms with van der Waals surface area (Å²) in [5.41, 5.74) is 5.20. The van der Waals surface area contributed by atoms with Gasteiger partial charge in [0.05, 0.1) is 12.4 Å². The van der Waals surface area contributed by atoms with E-state index in [9.17, 15) is 4.79 Å². The second kappa shape index (κ2) is 3.51. The van der Waals surface area contributed by atoms with Crippen molar-refractivity contribution in [1.82, 2.24) is 9.97 Å². The number of aromatic nitrogens is 2. The number of rotatable bonds is 2. The van der Waals surface area contributed by atoms with Gasteiger partial charge < -0.3 is 5.73 Å². The van der Waals surface area contributed by atoms with E-state index in [1.807, 2.05) is 0 Å². The summed E-state index contributed by atoms with van der Waals surface area (Å²) in [6, 6.07) is 0. The molecule has 0 atom stereocenters. The van der Waals surface area contributed by atoms with Crippen LogP contribution in [-0.2, 0) is 9.68 Å². The maximum Gasteiger partial charge on any atom is 0.352 e. The van der Waals surface area contributed by atoms with Crippen molar-refractivity contribution in [3.8, 4) is 5.75 Å². The number of carbonyl (C=O) groups excluding carboxylic acids is 1. The van der Waals surface area contributed by atoms with Crippen LogP contribution in [0.3, 0.4) is 0 Å². The molecule has 1 rings (SSSR count). The number of hydrogen-bond acceptors (Lipinski definition) is 6. The highest BCUT2D eigenvalue weighted by molar-refractivity contribution is 5.65. The Kier molecular flexibility index (Phi) is 2.42. The summed E-state index contributed by atoms with van der Waals surface area (Å²) in [4.78, 5) is 26.2. The topological polar surface area (TPSA) is 87.3 Å². The Hall–Kier alpha value is -1.85. The highest BCUT2D eigenvalue weighted by atomic mass is 17.2. The van der Waals surface area contributed by atoms with Crippen molar-refractivity contribution in [3.63, 3.8) is 0 Å². The number of nitrogen functional groups attached to an aromatic ring is 1. The average molecular weight is 169 g/mol. The number of nitrogens with zero attached hydrogens (tertiary/aromatic N) is 2. The largest absolute Gasteiger partial charge is 0.368 e. The zero-order valence-corrected chi connectivity index (χ0v) is 6.35. The molecular formula is C6H7N3O3. The van der Waals surface area contributed by atoms with Crippen molar-refractivity contribution >= 4 is 11.9 Å². The van der Waals surface area contributed by atoms with Gasteiger partial charge in [-0.25, -0.2) is 14.8 Å². The van der Waals surface area contributed by atoms with Crippen LogP contribution in [0.1, 0.15) is 6.92 Å². The fraction of sp³-hybridized carbons (Fsp3) is 0.167. The number of carbonyl (C=O) groups is 1. The van der Waals surface area contributed by atoms with E-state index in [0.29, 0.717) is 0 Å². The van der Waals surface area contributed by atoms with Gasteiger partial charge in [-0.05, 0) is 0 Å². The molecule has 1 aromatic heterocycles. The van der Waals surface area contributed by atoms with E-state index in [4.69, 9.17) is 5.73 Å². The minimum Gasteiger partial charge on any atom is -0.368 e. The highest BCUT2D eigenvalue weighted by Gasteiger charge is 1.98. The first-order chi connectivity index (χ1) is 5.68. The zero-order valence-electron chi connectivity index (χ0n) is 6.35. The molecule has 0 radical (unpaired) electrons. The van der Waals surface area contributed by atoms with Gasteiger partial charge in [-0.15, -0.1) is 0 Å². The molecule has 1 aromatic rings. The first-order valence-corrected chi connectivity index (χ1v) is 3.11. The third-order valence-electron chi connectivity index (χ3n) is 0.903. The Bertz CT molecular complexity index is 272. The van der Waals surface area contributed by atoms with Crippen molar-refractivity contribution < 1.29 is 14.6 Å². The van der Waals surface area contributed by atoms with Crippen molar-refractivity contribution in [2.45, 2.75) is 6.92 Å². The Morgan fingerprint density at radius 1 is 1.50 bits per heavy atom. The lowest BCUT2D eigenvalue weighted by molar-refractivity contribution is -0.211. The van der Waals surface area contributed by atoms with Gasteiger partial charge in [0, 0.05) is 6.92 Å². The van der Waals surface area contributed by atoms with Crippen LogP contribution in [-0.4, -0.2) is 15.9 Å². The molecule has 0 saturated carbocycles. The van der Waals surface area contributed by atoms with E-state index < -0.39 is 5.97 Å². The van der Waals surface area contributed by atoms with Gasteiger partial charge in [-0.1, -0.05) is 0 Å². The molecule has 0 unspecified atom stereocenters. The molecule has 0 aliphatic heterocycles. The molecule has 1 heterocycles. The van der Waals surface area contributed by atoms with E-state index in [1.54, 1.807) is 0 Å². The molecule has 0 aliphatic rings. The Morgan fingerprint density at radius 2 is 2.08 bits per heavy atom. The smallest absolute Gasteiger partial charge is 0.352 e. The SMILES string of the molecule is CC(=O)OOc1cnc(N)nc1. The fourth-order valence-corrected chi connectivity index (χ4v) is 0.476. The molecule has 12 heavy (non-hydrogen) atoms. The predicted molar refractivity (Wildman–Crippen MR) is 38.8 cm³/mol. The molecule has 0 fully saturated rings. The monoisotopic (exact) mass is 169 g/mol. The normalized spacial score (nSPS) is 9.08. The molecule has 6 heteroatoms. The van der Waals surface area contributed by atoms with Crippen LogP contribution in [0.4, 0.5) is 5.95 Å². The van der Waals surface area contributed by atoms with Gasteiger partial charge in [0.2, 0.25) is 11.7 Å². The lowest BCUT2D eigenvalue weighted by Gasteiger charge is -1.99. The molecule has 0 amide bonds. The Labute approximate surface area is 68.3 Å². The van der Waals surface area contributed by atoms with Crippen LogP contribution in [0.5, 0.6) is 5.75 Å². The van der Waals surface area contributed by atoms with Crippen molar-refractivity contribution in [1.29, 1.82) is 0 Å². The van der Waals surface area contributed by atoms with Gasteiger partial charge >= 0.3 is 5.97 Å². The van der Waals surface area contributed by atoms with Crippen LogP contribution < -0.4 is 10.6 Å². The summed E-state index contributed by atoms with van der Waals surface area (Å²) < 4.78 is 0. The Morgan fingerprint density at radius 3 is 2.58 bits per heavy atom. The van der Waals surface area contributed by atoms with Gasteiger partial charge in [-0.3, -0.25) is 9.78 Å². The number of hydrogen-bond donors (Lipinski definition) is 1. The quantitative estimate of drug-likeness (QED) is 0.492. The predicted octanol–water partition coefficient (Wildman–Crippen LogP) is -0.0843. The summed E-state index contributed by atoms with van der Waals surface area (Å²) in [6.07, 6.45) is 2.59. The average Bonchev–Trinajstić information content (AvgIpc) is 2.03. The van der Waals surface area contributed by atoms with Crippen LogP contribution in [0, 0.1) is 0 Å². The van der Waals surface area contributed by atoms with Crippen LogP contribution >= 0.6 is 0 Å². The van der Waals surface area contributed by atoms with Crippen molar-refractivity contribution in [3.05, 3.63) is 12.4 Å². The molecule has 0 saturated heterocycles. The van der Waals surface area contributed by atoms with E-state index in [-0.39, 0.29) is 11.7 Å². The van der Waals surface area contributed by atoms with E-state index in [0.717, 1.165) is 0 Å². The maximum atomic E-state index is 10.3. The summed E-state index contributed by atoms with van der Waals surface area (Å²) >= 11 is 0. The molecule has 0 bridgehead atoms. The van der Waals surface area contributed by atoms with Crippen molar-refractivity contribution in [2.75, 3.05) is 5.73 Å². The molecular weight excluding hydrogens is 162 g/mol. The minimum atomic E-state index is -0.549. The number of anilines is 1. The summed E-state index contributed by atoms with van der Waals surface area (Å²) in [7, 11) is 0. The van der Waals surface area contributed by atoms with Gasteiger partial charge in [-0.2, -0.15) is 0 Å². The fourth-order valence-electron chi connectivity index (χ4n) is 0.476. The van der Waals surface area contributed by atoms with Gasteiger partial charge in [0.25, 0.3) is 0 Å². The van der Waals surface area contributed by atoms with E-state index in [2.05, 4.69) is 19.7 Å². The lowest BCUT2D eigenvalue weighted by Crippen LogP contribution is -2.04. The lowest BCUT2D eigenvalue weighted by atomic mass is 10.6. The molecule has 0 aromatic carbocycles. The number of nitrogens with two attached hydrogens (primary N) is 1. The van der Waals surface area contributed by atoms with Crippen LogP contribution in [0.15, 0.2) is 12.4 Å². The second-order valence-corrected chi connectivity index (χ2v) is 1.94. The van der Waals surface area contributed by atoms with E-state index in [1.165, 1.54) is 19.3 Å². The summed E-state index contributed by atoms with van der Waals surface area (Å²) in [6.45, 7) is 1.22. The third kappa shape index (κ3) is 2.41. The Balaban J connectivity index is 2.53. The van der Waals surface area contributed by atoms with E-state index >= 15 is 0 Å². The molecule has 64 valence electrons. The van der Waals surface area contributed by atoms with Crippen LogP contribution in [0.2, 0.25) is 0 Å². The third-order valence-corrected chi connectivity index (χ3v) is 0.903. The summed E-state index contributed by atoms with van der Waals surface area (Å²) in [5.74, 6) is -0.198. The zero-order chi connectivity index (χ0) is 8.97. The standard InChI is InChI=1S/C6H7N3O3/c1-4(10)11-12-5-2-8-6(7)9-3-5/h2-3H,1H3,(H2,7,8,9). The van der Waals surface area contributed by atoms with Gasteiger partial charge in [0.15, 0.2) is 0 Å². The molecule has 2 N–H and O–H groups in total. The van der Waals surface area contributed by atoms with Crippen LogP contribution in [0.25, 0.3) is 0 Å². The maximum absolute atomic E-state index is 10.3. The summed E-state index contributed by atoms with van der Waals surface area (Å²) in [5, 5.41) is 0. The molecule has 6 nitrogen and oxygen atoms in total. The molecule has 0 aliphatic carbocycles.